The van der Waals surface area contributed by atoms with Gasteiger partial charge in [-0.1, -0.05) is 18.2 Å². The van der Waals surface area contributed by atoms with Crippen molar-refractivity contribution in [3.8, 4) is 0 Å². The summed E-state index contributed by atoms with van der Waals surface area (Å²) in [7, 11) is 2.19. The Labute approximate surface area is 72.5 Å². The van der Waals surface area contributed by atoms with Gasteiger partial charge in [-0.3, -0.25) is 4.90 Å². The van der Waals surface area contributed by atoms with E-state index in [1.807, 2.05) is 0 Å². The van der Waals surface area contributed by atoms with Gasteiger partial charge in [-0.2, -0.15) is 0 Å². The molecule has 3 rings (SSSR count). The van der Waals surface area contributed by atoms with Crippen LogP contribution < -0.4 is 0 Å². The summed E-state index contributed by atoms with van der Waals surface area (Å²) < 4.78 is 5.77. The molecule has 0 spiro atoms. The molecule has 64 valence electrons. The summed E-state index contributed by atoms with van der Waals surface area (Å²) in [6.45, 7) is 1.18. The van der Waals surface area contributed by atoms with E-state index in [4.69, 9.17) is 4.74 Å². The Bertz CT molecular complexity index is 269. The number of nitrogens with zero attached hydrogens (tertiary/aromatic N) is 1. The molecule has 3 atom stereocenters. The Hall–Kier alpha value is -0.600. The Morgan fingerprint density at radius 3 is 3.25 bits per heavy atom. The lowest BCUT2D eigenvalue weighted by Crippen LogP contribution is -2.42. The summed E-state index contributed by atoms with van der Waals surface area (Å²) >= 11 is 0. The smallest absolute Gasteiger partial charge is 0.0993 e. The minimum absolute atomic E-state index is 0.308. The zero-order valence-electron chi connectivity index (χ0n) is 7.23. The third-order valence-corrected chi connectivity index (χ3v) is 3.10. The lowest BCUT2D eigenvalue weighted by atomic mass is 9.91. The van der Waals surface area contributed by atoms with Crippen molar-refractivity contribution < 1.29 is 4.74 Å². The summed E-state index contributed by atoms with van der Waals surface area (Å²) in [6, 6.07) is 0.550. The van der Waals surface area contributed by atoms with Gasteiger partial charge in [0.05, 0.1) is 18.2 Å². The first-order valence-corrected chi connectivity index (χ1v) is 4.60. The Kier molecular flexibility index (Phi) is 1.26. The second kappa shape index (κ2) is 2.21. The highest BCUT2D eigenvalue weighted by molar-refractivity contribution is 5.36. The molecule has 3 aliphatic heterocycles. The second-order valence-electron chi connectivity index (χ2n) is 3.82. The zero-order chi connectivity index (χ0) is 8.13. The molecule has 0 N–H and O–H groups in total. The standard InChI is InChI=1S/C10H13NO/c1-11-6-2-3-7-8-4-5-9(12-8)10(7)11/h3-5,8-10H,2,6H2,1H3/t8-,9+,10-/m1/s1. The van der Waals surface area contributed by atoms with Crippen LogP contribution in [0.1, 0.15) is 6.42 Å². The maximum atomic E-state index is 5.77. The van der Waals surface area contributed by atoms with Crippen molar-refractivity contribution in [1.29, 1.82) is 0 Å². The molecular formula is C10H13NO. The van der Waals surface area contributed by atoms with Crippen molar-refractivity contribution in [1.82, 2.24) is 4.90 Å². The first-order valence-electron chi connectivity index (χ1n) is 4.60. The van der Waals surface area contributed by atoms with Crippen molar-refractivity contribution in [2.24, 2.45) is 0 Å². The molecule has 0 aromatic carbocycles. The predicted octanol–water partition coefficient (Wildman–Crippen LogP) is 0.954. The quantitative estimate of drug-likeness (QED) is 0.493. The average molecular weight is 163 g/mol. The first kappa shape index (κ1) is 6.87. The molecule has 0 saturated carbocycles. The van der Waals surface area contributed by atoms with Gasteiger partial charge in [0.2, 0.25) is 0 Å². The molecule has 2 heteroatoms. The molecule has 0 radical (unpaired) electrons. The van der Waals surface area contributed by atoms with Crippen LogP contribution in [0.2, 0.25) is 0 Å². The van der Waals surface area contributed by atoms with Crippen LogP contribution >= 0.6 is 0 Å². The predicted molar refractivity (Wildman–Crippen MR) is 46.9 cm³/mol. The normalized spacial score (nSPS) is 44.8. The van der Waals surface area contributed by atoms with Crippen molar-refractivity contribution in [2.45, 2.75) is 24.7 Å². The fraction of sp³-hybridized carbons (Fsp3) is 0.600. The molecular weight excluding hydrogens is 150 g/mol. The van der Waals surface area contributed by atoms with Crippen LogP contribution in [-0.2, 0) is 4.74 Å². The molecule has 2 bridgehead atoms. The summed E-state index contributed by atoms with van der Waals surface area (Å²) in [4.78, 5) is 2.41. The van der Waals surface area contributed by atoms with Crippen molar-refractivity contribution in [3.63, 3.8) is 0 Å². The monoisotopic (exact) mass is 163 g/mol. The van der Waals surface area contributed by atoms with Gasteiger partial charge in [0.25, 0.3) is 0 Å². The van der Waals surface area contributed by atoms with E-state index in [0.29, 0.717) is 18.2 Å². The number of hydrogen-bond donors (Lipinski definition) is 0. The van der Waals surface area contributed by atoms with Gasteiger partial charge >= 0.3 is 0 Å². The highest BCUT2D eigenvalue weighted by atomic mass is 16.5. The fourth-order valence-corrected chi connectivity index (χ4v) is 2.51. The average Bonchev–Trinajstić information content (AvgIpc) is 2.64. The van der Waals surface area contributed by atoms with Crippen LogP contribution in [0.4, 0.5) is 0 Å². The molecule has 3 aliphatic rings. The molecule has 3 heterocycles. The van der Waals surface area contributed by atoms with E-state index in [-0.39, 0.29) is 0 Å². The molecule has 2 nitrogen and oxygen atoms in total. The van der Waals surface area contributed by atoms with Crippen LogP contribution in [0.25, 0.3) is 0 Å². The highest BCUT2D eigenvalue weighted by Crippen LogP contribution is 2.38. The van der Waals surface area contributed by atoms with E-state index < -0.39 is 0 Å². The van der Waals surface area contributed by atoms with Gasteiger partial charge in [-0.15, -0.1) is 0 Å². The van der Waals surface area contributed by atoms with E-state index in [1.54, 1.807) is 0 Å². The van der Waals surface area contributed by atoms with Gasteiger partial charge in [0.1, 0.15) is 0 Å². The largest absolute Gasteiger partial charge is 0.360 e. The Balaban J connectivity index is 2.03. The molecule has 0 amide bonds. The number of ether oxygens (including phenoxy) is 1. The number of rotatable bonds is 0. The van der Waals surface area contributed by atoms with E-state index in [9.17, 15) is 0 Å². The molecule has 0 unspecified atom stereocenters. The summed E-state index contributed by atoms with van der Waals surface area (Å²) in [5, 5.41) is 0. The van der Waals surface area contributed by atoms with E-state index >= 15 is 0 Å². The first-order chi connectivity index (χ1) is 5.86. The summed E-state index contributed by atoms with van der Waals surface area (Å²) in [6.07, 6.45) is 8.58. The lowest BCUT2D eigenvalue weighted by Gasteiger charge is -2.32. The Morgan fingerprint density at radius 1 is 1.50 bits per heavy atom. The van der Waals surface area contributed by atoms with Crippen LogP contribution in [0.15, 0.2) is 23.8 Å². The molecule has 1 saturated heterocycles. The van der Waals surface area contributed by atoms with Crippen molar-refractivity contribution in [2.75, 3.05) is 13.6 Å². The van der Waals surface area contributed by atoms with Gasteiger partial charge in [0.15, 0.2) is 0 Å². The number of fused-ring (bicyclic) bond motifs is 5. The molecule has 0 aromatic rings. The van der Waals surface area contributed by atoms with Gasteiger partial charge in [-0.05, 0) is 19.0 Å². The maximum Gasteiger partial charge on any atom is 0.0993 e. The Morgan fingerprint density at radius 2 is 2.42 bits per heavy atom. The van der Waals surface area contributed by atoms with Crippen LogP contribution in [0, 0.1) is 0 Å². The highest BCUT2D eigenvalue weighted by Gasteiger charge is 2.44. The number of likely N-dealkylation sites (N-methyl/N-ethyl adjacent to an activating group) is 1. The van der Waals surface area contributed by atoms with Crippen molar-refractivity contribution in [3.05, 3.63) is 23.8 Å². The maximum absolute atomic E-state index is 5.77. The van der Waals surface area contributed by atoms with Gasteiger partial charge in [-0.25, -0.2) is 0 Å². The second-order valence-corrected chi connectivity index (χ2v) is 3.82. The minimum Gasteiger partial charge on any atom is -0.360 e. The topological polar surface area (TPSA) is 12.5 Å². The van der Waals surface area contributed by atoms with E-state index in [2.05, 4.69) is 30.2 Å². The van der Waals surface area contributed by atoms with E-state index in [1.165, 1.54) is 18.5 Å². The third-order valence-electron chi connectivity index (χ3n) is 3.10. The van der Waals surface area contributed by atoms with Gasteiger partial charge in [0, 0.05) is 6.54 Å². The van der Waals surface area contributed by atoms with Crippen molar-refractivity contribution >= 4 is 0 Å². The summed E-state index contributed by atoms with van der Waals surface area (Å²) in [5.41, 5.74) is 1.50. The van der Waals surface area contributed by atoms with E-state index in [0.717, 1.165) is 0 Å². The fourth-order valence-electron chi connectivity index (χ4n) is 2.51. The lowest BCUT2D eigenvalue weighted by molar-refractivity contribution is 0.0941. The minimum atomic E-state index is 0.308. The molecule has 0 aromatic heterocycles. The SMILES string of the molecule is CN1CCC=C2[C@@H]1[C@@H]1C=C[C@H]2O1. The van der Waals surface area contributed by atoms with Crippen LogP contribution in [0.3, 0.4) is 0 Å². The molecule has 1 fully saturated rings. The third kappa shape index (κ3) is 0.718. The molecule has 0 aliphatic carbocycles. The summed E-state index contributed by atoms with van der Waals surface area (Å²) in [5.74, 6) is 0. The van der Waals surface area contributed by atoms with Gasteiger partial charge < -0.3 is 4.74 Å². The molecule has 12 heavy (non-hydrogen) atoms. The zero-order valence-corrected chi connectivity index (χ0v) is 7.23. The number of hydrogen-bond acceptors (Lipinski definition) is 2. The van der Waals surface area contributed by atoms with Crippen LogP contribution in [0.5, 0.6) is 0 Å². The van der Waals surface area contributed by atoms with Crippen LogP contribution in [-0.4, -0.2) is 36.7 Å².